The molecule has 2 aromatic rings. The lowest BCUT2D eigenvalue weighted by Gasteiger charge is -2.36. The van der Waals surface area contributed by atoms with E-state index < -0.39 is 16.8 Å². The molecule has 3 aliphatic rings. The standard InChI is InChI=1S/C27H26N2O8/c1-15-24(27(31)35-9-8-34-2)25(18-12-22-23(37-14-36-22)13-20(18)29(32)33)26-19(28-15)10-17(11-21(26)30)16-6-4-3-5-7-16/h3-7,12-13,17,25,28H,8-11,14H2,1-2H3/t17-,25-/m0/s1. The predicted octanol–water partition coefficient (Wildman–Crippen LogP) is 3.87. The number of carbonyl (C=O) groups is 2. The summed E-state index contributed by atoms with van der Waals surface area (Å²) in [6, 6.07) is 12.5. The highest BCUT2D eigenvalue weighted by molar-refractivity contribution is 6.04. The molecule has 0 saturated carbocycles. The Hall–Kier alpha value is -4.18. The van der Waals surface area contributed by atoms with Crippen molar-refractivity contribution in [3.63, 3.8) is 0 Å². The van der Waals surface area contributed by atoms with E-state index in [-0.39, 0.29) is 60.7 Å². The van der Waals surface area contributed by atoms with Crippen molar-refractivity contribution in [3.8, 4) is 11.5 Å². The van der Waals surface area contributed by atoms with Gasteiger partial charge in [0.25, 0.3) is 5.69 Å². The molecule has 0 spiro atoms. The summed E-state index contributed by atoms with van der Waals surface area (Å²) in [6.07, 6.45) is 0.730. The van der Waals surface area contributed by atoms with Crippen molar-refractivity contribution in [1.29, 1.82) is 0 Å². The second-order valence-electron chi connectivity index (χ2n) is 9.08. The Labute approximate surface area is 213 Å². The monoisotopic (exact) mass is 506 g/mol. The lowest BCUT2D eigenvalue weighted by atomic mass is 9.71. The summed E-state index contributed by atoms with van der Waals surface area (Å²) in [4.78, 5) is 38.7. The van der Waals surface area contributed by atoms with E-state index in [1.54, 1.807) is 6.92 Å². The van der Waals surface area contributed by atoms with E-state index in [9.17, 15) is 19.7 Å². The summed E-state index contributed by atoms with van der Waals surface area (Å²) in [5, 5.41) is 15.4. The van der Waals surface area contributed by atoms with Crippen LogP contribution in [0.2, 0.25) is 0 Å². The van der Waals surface area contributed by atoms with Crippen LogP contribution in [-0.4, -0.2) is 43.8 Å². The highest BCUT2D eigenvalue weighted by Gasteiger charge is 2.44. The first-order valence-corrected chi connectivity index (χ1v) is 11.9. The fraction of sp³-hybridized carbons (Fsp3) is 0.333. The number of nitro benzene ring substituents is 1. The molecule has 0 amide bonds. The van der Waals surface area contributed by atoms with Crippen LogP contribution in [0, 0.1) is 10.1 Å². The van der Waals surface area contributed by atoms with Crippen LogP contribution in [0.25, 0.3) is 0 Å². The van der Waals surface area contributed by atoms with Gasteiger partial charge in [-0.2, -0.15) is 0 Å². The molecule has 1 aliphatic carbocycles. The Kier molecular flexibility index (Phi) is 6.66. The maximum absolute atomic E-state index is 13.7. The number of nitro groups is 1. The zero-order chi connectivity index (χ0) is 26.1. The van der Waals surface area contributed by atoms with E-state index in [0.717, 1.165) is 5.56 Å². The van der Waals surface area contributed by atoms with Gasteiger partial charge < -0.3 is 24.3 Å². The number of ketones is 1. The first-order valence-electron chi connectivity index (χ1n) is 11.9. The smallest absolute Gasteiger partial charge is 0.336 e. The zero-order valence-electron chi connectivity index (χ0n) is 20.4. The largest absolute Gasteiger partial charge is 0.460 e. The van der Waals surface area contributed by atoms with Gasteiger partial charge in [-0.1, -0.05) is 30.3 Å². The number of fused-ring (bicyclic) bond motifs is 1. The van der Waals surface area contributed by atoms with E-state index in [1.165, 1.54) is 19.2 Å². The molecular formula is C27H26N2O8. The van der Waals surface area contributed by atoms with Crippen LogP contribution < -0.4 is 14.8 Å². The fourth-order valence-corrected chi connectivity index (χ4v) is 5.21. The Morgan fingerprint density at radius 1 is 1.14 bits per heavy atom. The quantitative estimate of drug-likeness (QED) is 0.258. The topological polar surface area (TPSA) is 126 Å². The molecule has 2 aromatic carbocycles. The van der Waals surface area contributed by atoms with E-state index in [1.807, 2.05) is 30.3 Å². The maximum atomic E-state index is 13.7. The van der Waals surface area contributed by atoms with Gasteiger partial charge >= 0.3 is 5.97 Å². The first-order chi connectivity index (χ1) is 17.9. The number of esters is 1. The third kappa shape index (κ3) is 4.55. The number of rotatable bonds is 7. The van der Waals surface area contributed by atoms with Gasteiger partial charge in [0.1, 0.15) is 6.61 Å². The van der Waals surface area contributed by atoms with Crippen LogP contribution in [0.5, 0.6) is 11.5 Å². The molecule has 5 rings (SSSR count). The van der Waals surface area contributed by atoms with Gasteiger partial charge in [0.05, 0.1) is 29.1 Å². The van der Waals surface area contributed by atoms with Gasteiger partial charge in [-0.05, 0) is 30.9 Å². The molecule has 10 heteroatoms. The van der Waals surface area contributed by atoms with Gasteiger partial charge in [0, 0.05) is 36.1 Å². The van der Waals surface area contributed by atoms with Crippen molar-refractivity contribution in [3.05, 3.63) is 86.2 Å². The van der Waals surface area contributed by atoms with Crippen molar-refractivity contribution in [1.82, 2.24) is 5.32 Å². The van der Waals surface area contributed by atoms with Gasteiger partial charge in [-0.15, -0.1) is 0 Å². The number of carbonyl (C=O) groups excluding carboxylic acids is 2. The number of nitrogens with zero attached hydrogens (tertiary/aromatic N) is 1. The van der Waals surface area contributed by atoms with E-state index in [0.29, 0.717) is 29.1 Å². The van der Waals surface area contributed by atoms with Crippen molar-refractivity contribution < 1.29 is 33.5 Å². The SMILES string of the molecule is COCCOC(=O)C1=C(C)NC2=C(C(=O)C[C@@H](c3ccccc3)C2)[C@H]1c1cc2c(cc1[N+](=O)[O-])OCO2. The molecule has 192 valence electrons. The molecule has 10 nitrogen and oxygen atoms in total. The number of hydrogen-bond donors (Lipinski definition) is 1. The molecule has 0 aromatic heterocycles. The highest BCUT2D eigenvalue weighted by Crippen LogP contribution is 2.50. The lowest BCUT2D eigenvalue weighted by molar-refractivity contribution is -0.385. The van der Waals surface area contributed by atoms with Crippen molar-refractivity contribution in [2.45, 2.75) is 31.6 Å². The molecule has 0 saturated heterocycles. The minimum Gasteiger partial charge on any atom is -0.460 e. The van der Waals surface area contributed by atoms with Gasteiger partial charge in [0.15, 0.2) is 17.3 Å². The lowest BCUT2D eigenvalue weighted by Crippen LogP contribution is -2.36. The third-order valence-electron chi connectivity index (χ3n) is 6.87. The molecule has 0 bridgehead atoms. The fourth-order valence-electron chi connectivity index (χ4n) is 5.21. The summed E-state index contributed by atoms with van der Waals surface area (Å²) >= 11 is 0. The molecule has 2 aliphatic heterocycles. The number of Topliss-reactive ketones (excluding diaryl/α,β-unsaturated/α-hetero) is 1. The van der Waals surface area contributed by atoms with Gasteiger partial charge in [0.2, 0.25) is 6.79 Å². The summed E-state index contributed by atoms with van der Waals surface area (Å²) in [5.74, 6) is -1.38. The summed E-state index contributed by atoms with van der Waals surface area (Å²) in [7, 11) is 1.49. The summed E-state index contributed by atoms with van der Waals surface area (Å²) < 4.78 is 21.2. The average Bonchev–Trinajstić information content (AvgIpc) is 3.35. The number of nitrogens with one attached hydrogen (secondary N) is 1. The number of ether oxygens (including phenoxy) is 4. The second-order valence-corrected chi connectivity index (χ2v) is 9.08. The zero-order valence-corrected chi connectivity index (χ0v) is 20.4. The predicted molar refractivity (Wildman–Crippen MR) is 131 cm³/mol. The average molecular weight is 507 g/mol. The Bertz CT molecular complexity index is 1330. The molecule has 1 N–H and O–H groups in total. The Balaban J connectivity index is 1.65. The number of hydrogen-bond acceptors (Lipinski definition) is 9. The van der Waals surface area contributed by atoms with Gasteiger partial charge in [-0.25, -0.2) is 4.79 Å². The van der Waals surface area contributed by atoms with Crippen LogP contribution in [0.4, 0.5) is 5.69 Å². The molecule has 2 atom stereocenters. The number of benzene rings is 2. The molecule has 37 heavy (non-hydrogen) atoms. The van der Waals surface area contributed by atoms with E-state index in [4.69, 9.17) is 18.9 Å². The Morgan fingerprint density at radius 3 is 2.57 bits per heavy atom. The molecule has 0 unspecified atom stereocenters. The minimum absolute atomic E-state index is 0.00199. The minimum atomic E-state index is -1.01. The van der Waals surface area contributed by atoms with Crippen molar-refractivity contribution in [2.24, 2.45) is 0 Å². The molecular weight excluding hydrogens is 480 g/mol. The third-order valence-corrected chi connectivity index (χ3v) is 6.87. The second kappa shape index (κ2) is 10.1. The van der Waals surface area contributed by atoms with Crippen LogP contribution in [0.1, 0.15) is 42.7 Å². The number of allylic oxidation sites excluding steroid dienone is 3. The van der Waals surface area contributed by atoms with Crippen LogP contribution in [-0.2, 0) is 19.1 Å². The molecule has 2 heterocycles. The Morgan fingerprint density at radius 2 is 1.86 bits per heavy atom. The van der Waals surface area contributed by atoms with Gasteiger partial charge in [-0.3, -0.25) is 14.9 Å². The normalized spacial score (nSPS) is 20.4. The van der Waals surface area contributed by atoms with E-state index in [2.05, 4.69) is 5.32 Å². The highest BCUT2D eigenvalue weighted by atomic mass is 16.7. The van der Waals surface area contributed by atoms with E-state index >= 15 is 0 Å². The van der Waals surface area contributed by atoms with Crippen molar-refractivity contribution in [2.75, 3.05) is 27.1 Å². The van der Waals surface area contributed by atoms with Crippen LogP contribution >= 0.6 is 0 Å². The van der Waals surface area contributed by atoms with Crippen LogP contribution in [0.15, 0.2) is 65.0 Å². The summed E-state index contributed by atoms with van der Waals surface area (Å²) in [5.41, 5.74) is 2.53. The summed E-state index contributed by atoms with van der Waals surface area (Å²) in [6.45, 7) is 1.82. The van der Waals surface area contributed by atoms with Crippen LogP contribution in [0.3, 0.4) is 0 Å². The maximum Gasteiger partial charge on any atom is 0.336 e. The first kappa shape index (κ1) is 24.5. The molecule has 0 radical (unpaired) electrons. The number of methoxy groups -OCH3 is 1. The molecule has 0 fully saturated rings. The number of dihydropyridines is 1. The van der Waals surface area contributed by atoms with Crippen molar-refractivity contribution >= 4 is 17.4 Å².